The summed E-state index contributed by atoms with van der Waals surface area (Å²) in [6.45, 7) is 3.23. The molecule has 2 aliphatic carbocycles. The van der Waals surface area contributed by atoms with Gasteiger partial charge in [0.2, 0.25) is 0 Å². The number of fused-ring (bicyclic) bond motifs is 1. The van der Waals surface area contributed by atoms with Crippen molar-refractivity contribution in [3.8, 4) is 5.75 Å². The van der Waals surface area contributed by atoms with Gasteiger partial charge in [-0.1, -0.05) is 6.07 Å². The fourth-order valence-corrected chi connectivity index (χ4v) is 3.70. The monoisotopic (exact) mass is 315 g/mol. The van der Waals surface area contributed by atoms with Crippen molar-refractivity contribution >= 4 is 5.97 Å². The van der Waals surface area contributed by atoms with Crippen molar-refractivity contribution < 1.29 is 14.3 Å². The molecule has 23 heavy (non-hydrogen) atoms. The first kappa shape index (κ1) is 15.0. The quantitative estimate of drug-likeness (QED) is 0.598. The number of benzene rings is 1. The lowest BCUT2D eigenvalue weighted by Crippen LogP contribution is -2.20. The molecule has 1 aromatic rings. The first-order valence-corrected chi connectivity index (χ1v) is 8.82. The minimum atomic E-state index is -0.117. The molecule has 1 aliphatic heterocycles. The largest absolute Gasteiger partial charge is 0.492 e. The van der Waals surface area contributed by atoms with Crippen LogP contribution in [0.25, 0.3) is 0 Å². The Morgan fingerprint density at radius 2 is 2.17 bits per heavy atom. The third kappa shape index (κ3) is 3.37. The van der Waals surface area contributed by atoms with Gasteiger partial charge in [-0.3, -0.25) is 9.69 Å². The smallest absolute Gasteiger partial charge is 0.313 e. The van der Waals surface area contributed by atoms with E-state index in [1.165, 1.54) is 38.6 Å². The summed E-state index contributed by atoms with van der Waals surface area (Å²) in [7, 11) is 1.47. The first-order chi connectivity index (χ1) is 11.2. The van der Waals surface area contributed by atoms with E-state index in [2.05, 4.69) is 17.0 Å². The number of aryl methyl sites for hydroxylation is 1. The van der Waals surface area contributed by atoms with E-state index < -0.39 is 0 Å². The molecule has 0 amide bonds. The Balaban J connectivity index is 1.36. The molecule has 4 rings (SSSR count). The van der Waals surface area contributed by atoms with Crippen LogP contribution in [0.4, 0.5) is 0 Å². The number of carbonyl (C=O) groups is 1. The number of hydrogen-bond acceptors (Lipinski definition) is 4. The molecule has 4 nitrogen and oxygen atoms in total. The summed E-state index contributed by atoms with van der Waals surface area (Å²) in [6, 6.07) is 6.79. The molecule has 2 fully saturated rings. The fraction of sp³-hybridized carbons (Fsp3) is 0.632. The van der Waals surface area contributed by atoms with E-state index in [0.29, 0.717) is 6.04 Å². The van der Waals surface area contributed by atoms with Crippen LogP contribution in [0.2, 0.25) is 0 Å². The van der Waals surface area contributed by atoms with Crippen LogP contribution in [-0.2, 0) is 16.0 Å². The molecule has 1 aromatic carbocycles. The molecule has 0 radical (unpaired) electrons. The average Bonchev–Trinajstić information content (AvgIpc) is 3.50. The molecular formula is C19H25NO3. The second kappa shape index (κ2) is 6.16. The van der Waals surface area contributed by atoms with Gasteiger partial charge in [-0.25, -0.2) is 0 Å². The molecule has 0 spiro atoms. The van der Waals surface area contributed by atoms with E-state index in [1.54, 1.807) is 0 Å². The molecule has 4 heteroatoms. The Kier molecular flexibility index (Phi) is 4.02. The normalized spacial score (nSPS) is 28.8. The zero-order valence-electron chi connectivity index (χ0n) is 13.8. The average molecular weight is 315 g/mol. The number of carbonyl (C=O) groups excluding carboxylic acids is 1. The minimum Gasteiger partial charge on any atom is -0.492 e. The number of ether oxygens (including phenoxy) is 2. The highest BCUT2D eigenvalue weighted by atomic mass is 16.5. The van der Waals surface area contributed by atoms with Crippen molar-refractivity contribution in [1.29, 1.82) is 0 Å². The molecular weight excluding hydrogens is 290 g/mol. The molecule has 1 saturated heterocycles. The molecule has 3 aliphatic rings. The van der Waals surface area contributed by atoms with E-state index in [9.17, 15) is 4.79 Å². The van der Waals surface area contributed by atoms with Crippen molar-refractivity contribution in [3.05, 3.63) is 29.3 Å². The van der Waals surface area contributed by atoms with Crippen LogP contribution in [0.3, 0.4) is 0 Å². The zero-order valence-corrected chi connectivity index (χ0v) is 13.8. The molecule has 124 valence electrons. The standard InChI is InChI=1S/C19H25NO3/c1-22-19(21)18-4-2-3-14-9-16(7-8-17(14)18)23-12-15-11-20(15)10-13-5-6-13/h7-9,13,15,18H,2-6,10-12H2,1H3. The lowest BCUT2D eigenvalue weighted by atomic mass is 9.83. The van der Waals surface area contributed by atoms with Crippen LogP contribution >= 0.6 is 0 Å². The minimum absolute atomic E-state index is 0.102. The van der Waals surface area contributed by atoms with Gasteiger partial charge < -0.3 is 9.47 Å². The van der Waals surface area contributed by atoms with Crippen LogP contribution in [0.1, 0.15) is 42.7 Å². The third-order valence-electron chi connectivity index (χ3n) is 5.37. The second-order valence-corrected chi connectivity index (χ2v) is 7.19. The van der Waals surface area contributed by atoms with Gasteiger partial charge in [-0.05, 0) is 61.3 Å². The Morgan fingerprint density at radius 1 is 1.30 bits per heavy atom. The SMILES string of the molecule is COC(=O)C1CCCc2cc(OCC3CN3CC3CC3)ccc21. The maximum Gasteiger partial charge on any atom is 0.313 e. The Labute approximate surface area is 137 Å². The summed E-state index contributed by atoms with van der Waals surface area (Å²) in [5.41, 5.74) is 2.37. The van der Waals surface area contributed by atoms with Gasteiger partial charge in [0.15, 0.2) is 0 Å². The lowest BCUT2D eigenvalue weighted by Gasteiger charge is -2.24. The number of hydrogen-bond donors (Lipinski definition) is 0. The predicted molar refractivity (Wildman–Crippen MR) is 87.7 cm³/mol. The summed E-state index contributed by atoms with van der Waals surface area (Å²) >= 11 is 0. The Hall–Kier alpha value is -1.55. The first-order valence-electron chi connectivity index (χ1n) is 8.82. The topological polar surface area (TPSA) is 38.5 Å². The fourth-order valence-electron chi connectivity index (χ4n) is 3.70. The van der Waals surface area contributed by atoms with E-state index in [4.69, 9.17) is 9.47 Å². The maximum atomic E-state index is 11.9. The maximum absolute atomic E-state index is 11.9. The summed E-state index contributed by atoms with van der Waals surface area (Å²) in [5, 5.41) is 0. The highest BCUT2D eigenvalue weighted by molar-refractivity contribution is 5.79. The highest BCUT2D eigenvalue weighted by Gasteiger charge is 2.38. The van der Waals surface area contributed by atoms with Gasteiger partial charge in [0.25, 0.3) is 0 Å². The Bertz CT molecular complexity index is 596. The van der Waals surface area contributed by atoms with Crippen molar-refractivity contribution in [2.24, 2.45) is 5.92 Å². The van der Waals surface area contributed by atoms with E-state index in [1.807, 2.05) is 6.07 Å². The lowest BCUT2D eigenvalue weighted by molar-refractivity contribution is -0.142. The molecule has 0 N–H and O–H groups in total. The third-order valence-corrected chi connectivity index (χ3v) is 5.37. The van der Waals surface area contributed by atoms with Gasteiger partial charge in [-0.2, -0.15) is 0 Å². The predicted octanol–water partition coefficient (Wildman–Crippen LogP) is 2.75. The molecule has 1 saturated carbocycles. The van der Waals surface area contributed by atoms with Crippen LogP contribution in [0.5, 0.6) is 5.75 Å². The van der Waals surface area contributed by atoms with Crippen molar-refractivity contribution in [1.82, 2.24) is 4.90 Å². The van der Waals surface area contributed by atoms with E-state index >= 15 is 0 Å². The summed E-state index contributed by atoms with van der Waals surface area (Å²) < 4.78 is 10.9. The zero-order chi connectivity index (χ0) is 15.8. The summed E-state index contributed by atoms with van der Waals surface area (Å²) in [5.74, 6) is 1.68. The van der Waals surface area contributed by atoms with Crippen molar-refractivity contribution in [2.45, 2.75) is 44.1 Å². The molecule has 0 bridgehead atoms. The van der Waals surface area contributed by atoms with Crippen molar-refractivity contribution in [2.75, 3.05) is 26.8 Å². The van der Waals surface area contributed by atoms with Crippen LogP contribution in [0.15, 0.2) is 18.2 Å². The van der Waals surface area contributed by atoms with Gasteiger partial charge in [-0.15, -0.1) is 0 Å². The van der Waals surface area contributed by atoms with Crippen molar-refractivity contribution in [3.63, 3.8) is 0 Å². The molecule has 3 unspecified atom stereocenters. The second-order valence-electron chi connectivity index (χ2n) is 7.19. The van der Waals surface area contributed by atoms with Gasteiger partial charge in [0, 0.05) is 13.1 Å². The molecule has 1 heterocycles. The van der Waals surface area contributed by atoms with E-state index in [0.717, 1.165) is 43.1 Å². The molecule has 0 aromatic heterocycles. The van der Waals surface area contributed by atoms with Crippen LogP contribution in [0, 0.1) is 5.92 Å². The Morgan fingerprint density at radius 3 is 2.96 bits per heavy atom. The van der Waals surface area contributed by atoms with Crippen LogP contribution < -0.4 is 4.74 Å². The molecule has 3 atom stereocenters. The van der Waals surface area contributed by atoms with Gasteiger partial charge in [0.05, 0.1) is 19.1 Å². The van der Waals surface area contributed by atoms with Gasteiger partial charge in [0.1, 0.15) is 12.4 Å². The summed E-state index contributed by atoms with van der Waals surface area (Å²) in [6.07, 6.45) is 5.77. The summed E-state index contributed by atoms with van der Waals surface area (Å²) in [4.78, 5) is 14.4. The number of methoxy groups -OCH3 is 1. The number of rotatable bonds is 6. The van der Waals surface area contributed by atoms with Gasteiger partial charge >= 0.3 is 5.97 Å². The van der Waals surface area contributed by atoms with Crippen LogP contribution in [-0.4, -0.2) is 43.7 Å². The number of esters is 1. The van der Waals surface area contributed by atoms with E-state index in [-0.39, 0.29) is 11.9 Å². The highest BCUT2D eigenvalue weighted by Crippen LogP contribution is 2.36. The number of nitrogens with zero attached hydrogens (tertiary/aromatic N) is 1.